The van der Waals surface area contributed by atoms with Gasteiger partial charge < -0.3 is 25.1 Å². The van der Waals surface area contributed by atoms with Crippen molar-refractivity contribution in [3.63, 3.8) is 0 Å². The number of hydrogen-bond donors (Lipinski definition) is 2. The summed E-state index contributed by atoms with van der Waals surface area (Å²) in [5.41, 5.74) is 5.27. The van der Waals surface area contributed by atoms with E-state index >= 15 is 0 Å². The third kappa shape index (κ3) is 3.12. The Labute approximate surface area is 90.5 Å². The lowest BCUT2D eigenvalue weighted by Crippen LogP contribution is -2.57. The van der Waals surface area contributed by atoms with Crippen LogP contribution in [0.25, 0.3) is 0 Å². The third-order valence-corrected chi connectivity index (χ3v) is 2.72. The van der Waals surface area contributed by atoms with Crippen LogP contribution in [-0.4, -0.2) is 56.4 Å². The number of nitrogens with two attached hydrogens (primary N) is 1. The second-order valence-corrected chi connectivity index (χ2v) is 3.61. The van der Waals surface area contributed by atoms with Gasteiger partial charge in [-0.2, -0.15) is 0 Å². The molecule has 1 fully saturated rings. The lowest BCUT2D eigenvalue weighted by Gasteiger charge is -2.42. The van der Waals surface area contributed by atoms with E-state index in [4.69, 9.17) is 25.1 Å². The molecule has 0 bridgehead atoms. The molecule has 5 heteroatoms. The lowest BCUT2D eigenvalue weighted by atomic mass is 9.91. The van der Waals surface area contributed by atoms with E-state index in [1.54, 1.807) is 0 Å². The molecule has 0 aliphatic carbocycles. The topological polar surface area (TPSA) is 73.9 Å². The molecule has 0 aromatic carbocycles. The fourth-order valence-corrected chi connectivity index (χ4v) is 1.86. The lowest BCUT2D eigenvalue weighted by molar-refractivity contribution is -0.197. The van der Waals surface area contributed by atoms with Gasteiger partial charge in [-0.05, 0) is 6.92 Å². The fraction of sp³-hybridized carbons (Fsp3) is 1.00. The van der Waals surface area contributed by atoms with Gasteiger partial charge in [-0.1, -0.05) is 0 Å². The summed E-state index contributed by atoms with van der Waals surface area (Å²) in [5.74, 6) is 0. The number of aliphatic hydroxyl groups excluding tert-OH is 1. The Hall–Kier alpha value is -0.200. The SMILES string of the molecule is CCOC1COCCC1(CN)OCCO. The molecule has 0 saturated carbocycles. The van der Waals surface area contributed by atoms with E-state index in [1.165, 1.54) is 0 Å². The van der Waals surface area contributed by atoms with E-state index < -0.39 is 5.60 Å². The van der Waals surface area contributed by atoms with Crippen LogP contribution in [0.15, 0.2) is 0 Å². The van der Waals surface area contributed by atoms with Crippen LogP contribution in [0, 0.1) is 0 Å². The minimum Gasteiger partial charge on any atom is -0.394 e. The first-order chi connectivity index (χ1) is 7.29. The van der Waals surface area contributed by atoms with Crippen molar-refractivity contribution in [2.75, 3.05) is 39.6 Å². The van der Waals surface area contributed by atoms with Gasteiger partial charge in [0.25, 0.3) is 0 Å². The molecule has 1 aliphatic heterocycles. The van der Waals surface area contributed by atoms with Gasteiger partial charge in [0, 0.05) is 26.2 Å². The first-order valence-electron chi connectivity index (χ1n) is 5.43. The number of rotatable bonds is 6. The molecule has 1 rings (SSSR count). The molecular weight excluding hydrogens is 198 g/mol. The summed E-state index contributed by atoms with van der Waals surface area (Å²) in [6, 6.07) is 0. The molecule has 2 atom stereocenters. The Morgan fingerprint density at radius 3 is 3.00 bits per heavy atom. The molecule has 0 aromatic heterocycles. The Bertz CT molecular complexity index is 177. The first-order valence-corrected chi connectivity index (χ1v) is 5.43. The van der Waals surface area contributed by atoms with E-state index in [-0.39, 0.29) is 12.7 Å². The molecule has 0 radical (unpaired) electrons. The van der Waals surface area contributed by atoms with Crippen molar-refractivity contribution in [2.45, 2.75) is 25.0 Å². The molecule has 0 amide bonds. The second kappa shape index (κ2) is 6.40. The zero-order valence-corrected chi connectivity index (χ0v) is 9.28. The highest BCUT2D eigenvalue weighted by Gasteiger charge is 2.42. The van der Waals surface area contributed by atoms with E-state index in [0.717, 1.165) is 0 Å². The van der Waals surface area contributed by atoms with Crippen LogP contribution in [0.2, 0.25) is 0 Å². The van der Waals surface area contributed by atoms with Gasteiger partial charge in [-0.25, -0.2) is 0 Å². The molecule has 5 nitrogen and oxygen atoms in total. The summed E-state index contributed by atoms with van der Waals surface area (Å²) in [6.07, 6.45) is 0.585. The predicted molar refractivity (Wildman–Crippen MR) is 55.7 cm³/mol. The van der Waals surface area contributed by atoms with Crippen molar-refractivity contribution >= 4 is 0 Å². The Balaban J connectivity index is 2.61. The molecule has 1 aliphatic rings. The normalized spacial score (nSPS) is 31.8. The largest absolute Gasteiger partial charge is 0.394 e. The molecule has 15 heavy (non-hydrogen) atoms. The van der Waals surface area contributed by atoms with Gasteiger partial charge in [-0.3, -0.25) is 0 Å². The highest BCUT2D eigenvalue weighted by molar-refractivity contribution is 4.93. The van der Waals surface area contributed by atoms with Crippen LogP contribution in [0.3, 0.4) is 0 Å². The molecule has 3 N–H and O–H groups in total. The van der Waals surface area contributed by atoms with Crippen molar-refractivity contribution in [1.29, 1.82) is 0 Å². The van der Waals surface area contributed by atoms with E-state index in [0.29, 0.717) is 39.4 Å². The zero-order chi connectivity index (χ0) is 11.1. The Morgan fingerprint density at radius 1 is 1.60 bits per heavy atom. The zero-order valence-electron chi connectivity index (χ0n) is 9.28. The average molecular weight is 219 g/mol. The van der Waals surface area contributed by atoms with Crippen LogP contribution >= 0.6 is 0 Å². The molecule has 90 valence electrons. The standard InChI is InChI=1S/C10H21NO4/c1-2-14-9-7-13-5-3-10(9,8-11)15-6-4-12/h9,12H,2-8,11H2,1H3. The van der Waals surface area contributed by atoms with Gasteiger partial charge in [0.15, 0.2) is 0 Å². The minimum atomic E-state index is -0.489. The van der Waals surface area contributed by atoms with Crippen LogP contribution in [-0.2, 0) is 14.2 Å². The van der Waals surface area contributed by atoms with E-state index in [2.05, 4.69) is 0 Å². The Morgan fingerprint density at radius 2 is 2.40 bits per heavy atom. The van der Waals surface area contributed by atoms with Crippen LogP contribution < -0.4 is 5.73 Å². The molecule has 0 spiro atoms. The summed E-state index contributed by atoms with van der Waals surface area (Å²) >= 11 is 0. The summed E-state index contributed by atoms with van der Waals surface area (Å²) in [7, 11) is 0. The molecule has 1 saturated heterocycles. The summed E-state index contributed by atoms with van der Waals surface area (Å²) in [5, 5.41) is 8.79. The van der Waals surface area contributed by atoms with Crippen molar-refractivity contribution in [3.8, 4) is 0 Å². The van der Waals surface area contributed by atoms with E-state index in [1.807, 2.05) is 6.92 Å². The maximum absolute atomic E-state index is 8.79. The molecule has 2 unspecified atom stereocenters. The highest BCUT2D eigenvalue weighted by atomic mass is 16.6. The van der Waals surface area contributed by atoms with Gasteiger partial charge in [0.05, 0.1) is 19.8 Å². The number of hydrogen-bond acceptors (Lipinski definition) is 5. The van der Waals surface area contributed by atoms with Gasteiger partial charge >= 0.3 is 0 Å². The van der Waals surface area contributed by atoms with Crippen molar-refractivity contribution in [1.82, 2.24) is 0 Å². The predicted octanol–water partition coefficient (Wildman–Crippen LogP) is -0.482. The summed E-state index contributed by atoms with van der Waals surface area (Å²) in [4.78, 5) is 0. The maximum Gasteiger partial charge on any atom is 0.111 e. The van der Waals surface area contributed by atoms with Crippen molar-refractivity contribution in [3.05, 3.63) is 0 Å². The highest BCUT2D eigenvalue weighted by Crippen LogP contribution is 2.26. The average Bonchev–Trinajstić information content (AvgIpc) is 2.29. The van der Waals surface area contributed by atoms with Crippen molar-refractivity contribution < 1.29 is 19.3 Å². The Kier molecular flexibility index (Phi) is 5.49. The summed E-state index contributed by atoms with van der Waals surface area (Å²) < 4.78 is 16.6. The molecular formula is C10H21NO4. The monoisotopic (exact) mass is 219 g/mol. The van der Waals surface area contributed by atoms with Gasteiger partial charge in [0.1, 0.15) is 11.7 Å². The minimum absolute atomic E-state index is 0.00144. The van der Waals surface area contributed by atoms with Crippen LogP contribution in [0.4, 0.5) is 0 Å². The first kappa shape index (κ1) is 12.9. The van der Waals surface area contributed by atoms with Gasteiger partial charge in [-0.15, -0.1) is 0 Å². The number of aliphatic hydroxyl groups is 1. The van der Waals surface area contributed by atoms with Gasteiger partial charge in [0.2, 0.25) is 0 Å². The molecule has 1 heterocycles. The quantitative estimate of drug-likeness (QED) is 0.631. The smallest absolute Gasteiger partial charge is 0.111 e. The number of ether oxygens (including phenoxy) is 3. The maximum atomic E-state index is 8.79. The van der Waals surface area contributed by atoms with Crippen LogP contribution in [0.1, 0.15) is 13.3 Å². The third-order valence-electron chi connectivity index (χ3n) is 2.72. The summed E-state index contributed by atoms with van der Waals surface area (Å²) in [6.45, 7) is 4.37. The second-order valence-electron chi connectivity index (χ2n) is 3.61. The van der Waals surface area contributed by atoms with Crippen LogP contribution in [0.5, 0.6) is 0 Å². The van der Waals surface area contributed by atoms with Crippen molar-refractivity contribution in [2.24, 2.45) is 5.73 Å². The fourth-order valence-electron chi connectivity index (χ4n) is 1.86. The molecule has 0 aromatic rings. The van der Waals surface area contributed by atoms with E-state index in [9.17, 15) is 0 Å².